The maximum atomic E-state index is 14.8. The predicted octanol–water partition coefficient (Wildman–Crippen LogP) is 4.28. The van der Waals surface area contributed by atoms with Crippen LogP contribution in [0.2, 0.25) is 0 Å². The average molecular weight is 481 g/mol. The van der Waals surface area contributed by atoms with Gasteiger partial charge in [0.15, 0.2) is 11.6 Å². The summed E-state index contributed by atoms with van der Waals surface area (Å²) < 4.78 is 72.8. The molecular formula is C22H20F5N5O2. The van der Waals surface area contributed by atoms with Gasteiger partial charge in [0.05, 0.1) is 24.0 Å². The molecule has 1 fully saturated rings. The first-order valence-electron chi connectivity index (χ1n) is 10.5. The normalized spacial score (nSPS) is 18.7. The van der Waals surface area contributed by atoms with Gasteiger partial charge in [-0.25, -0.2) is 13.8 Å². The topological polar surface area (TPSA) is 73.1 Å². The van der Waals surface area contributed by atoms with E-state index in [1.54, 1.807) is 0 Å². The Kier molecular flexibility index (Phi) is 6.49. The summed E-state index contributed by atoms with van der Waals surface area (Å²) in [7, 11) is 0. The van der Waals surface area contributed by atoms with Gasteiger partial charge >= 0.3 is 6.18 Å². The zero-order valence-corrected chi connectivity index (χ0v) is 18.0. The molecule has 4 rings (SSSR count). The second kappa shape index (κ2) is 9.35. The highest BCUT2D eigenvalue weighted by Gasteiger charge is 2.36. The summed E-state index contributed by atoms with van der Waals surface area (Å²) in [5.41, 5.74) is -1.44. The number of ether oxygens (including phenoxy) is 1. The van der Waals surface area contributed by atoms with Gasteiger partial charge in [-0.15, -0.1) is 0 Å². The summed E-state index contributed by atoms with van der Waals surface area (Å²) >= 11 is 0. The Hall–Kier alpha value is -3.57. The van der Waals surface area contributed by atoms with Gasteiger partial charge < -0.3 is 9.64 Å². The van der Waals surface area contributed by atoms with Crippen molar-refractivity contribution in [2.24, 2.45) is 5.92 Å². The molecule has 0 saturated carbocycles. The van der Waals surface area contributed by atoms with E-state index in [9.17, 15) is 26.7 Å². The van der Waals surface area contributed by atoms with Crippen molar-refractivity contribution in [3.63, 3.8) is 0 Å². The van der Waals surface area contributed by atoms with Gasteiger partial charge in [0.2, 0.25) is 5.88 Å². The number of hydrogen-bond donors (Lipinski definition) is 0. The largest absolute Gasteiger partial charge is 0.475 e. The fourth-order valence-corrected chi connectivity index (χ4v) is 3.95. The lowest BCUT2D eigenvalue weighted by atomic mass is 9.90. The molecule has 3 aromatic rings. The summed E-state index contributed by atoms with van der Waals surface area (Å²) in [5.74, 6) is -3.38. The quantitative estimate of drug-likeness (QED) is 0.509. The van der Waals surface area contributed by atoms with E-state index >= 15 is 0 Å². The summed E-state index contributed by atoms with van der Waals surface area (Å²) in [6.07, 6.45) is 0.195. The summed E-state index contributed by atoms with van der Waals surface area (Å²) in [4.78, 5) is 19.6. The molecule has 1 aliphatic rings. The van der Waals surface area contributed by atoms with Crippen LogP contribution in [0.25, 0.3) is 5.69 Å². The van der Waals surface area contributed by atoms with E-state index in [-0.39, 0.29) is 30.6 Å². The number of carbonyl (C=O) groups is 1. The second-order valence-electron chi connectivity index (χ2n) is 7.95. The Morgan fingerprint density at radius 1 is 1.15 bits per heavy atom. The third kappa shape index (κ3) is 4.70. The number of likely N-dealkylation sites (tertiary alicyclic amines) is 1. The van der Waals surface area contributed by atoms with Crippen LogP contribution < -0.4 is 4.74 Å². The molecular weight excluding hydrogens is 461 g/mol. The highest BCUT2D eigenvalue weighted by atomic mass is 19.4. The standard InChI is InChI=1S/C22H20F5N5O2/c1-13-3-2-10-31(17(13)12-34-18-7-4-14(11-28-18)22(25,26)27)21(33)19-16(32-29-8-9-30-32)6-5-15(23)20(19)24/h4-9,11,13,17H,2-3,10,12H2,1H3. The number of piperidine rings is 1. The van der Waals surface area contributed by atoms with Gasteiger partial charge in [-0.3, -0.25) is 4.79 Å². The van der Waals surface area contributed by atoms with E-state index in [1.165, 1.54) is 23.4 Å². The van der Waals surface area contributed by atoms with Crippen molar-refractivity contribution in [3.05, 3.63) is 65.6 Å². The van der Waals surface area contributed by atoms with Crippen molar-refractivity contribution in [3.8, 4) is 11.6 Å². The van der Waals surface area contributed by atoms with Crippen LogP contribution in [0.1, 0.15) is 35.7 Å². The van der Waals surface area contributed by atoms with Gasteiger partial charge in [0.1, 0.15) is 17.9 Å². The lowest BCUT2D eigenvalue weighted by Gasteiger charge is -2.40. The van der Waals surface area contributed by atoms with E-state index < -0.39 is 40.9 Å². The molecule has 2 unspecified atom stereocenters. The van der Waals surface area contributed by atoms with Crippen molar-refractivity contribution >= 4 is 5.91 Å². The number of carbonyl (C=O) groups excluding carboxylic acids is 1. The maximum Gasteiger partial charge on any atom is 0.417 e. The minimum atomic E-state index is -4.52. The number of rotatable bonds is 5. The van der Waals surface area contributed by atoms with E-state index in [1.807, 2.05) is 6.92 Å². The van der Waals surface area contributed by atoms with Crippen LogP contribution in [0.5, 0.6) is 5.88 Å². The van der Waals surface area contributed by atoms with Gasteiger partial charge in [-0.1, -0.05) is 6.92 Å². The molecule has 34 heavy (non-hydrogen) atoms. The number of halogens is 5. The molecule has 1 aromatic carbocycles. The van der Waals surface area contributed by atoms with Crippen LogP contribution in [-0.2, 0) is 6.18 Å². The molecule has 0 bridgehead atoms. The van der Waals surface area contributed by atoms with E-state index in [2.05, 4.69) is 15.2 Å². The summed E-state index contributed by atoms with van der Waals surface area (Å²) in [6.45, 7) is 2.06. The molecule has 7 nitrogen and oxygen atoms in total. The van der Waals surface area contributed by atoms with Gasteiger partial charge in [0, 0.05) is 18.8 Å². The third-order valence-electron chi connectivity index (χ3n) is 5.76. The molecule has 180 valence electrons. The van der Waals surface area contributed by atoms with Crippen molar-refractivity contribution in [2.45, 2.75) is 32.0 Å². The first-order valence-corrected chi connectivity index (χ1v) is 10.5. The molecule has 0 radical (unpaired) electrons. The maximum absolute atomic E-state index is 14.8. The molecule has 0 aliphatic carbocycles. The van der Waals surface area contributed by atoms with Crippen molar-refractivity contribution < 1.29 is 31.5 Å². The summed E-state index contributed by atoms with van der Waals surface area (Å²) in [6, 6.07) is 3.50. The average Bonchev–Trinajstić information content (AvgIpc) is 3.34. The van der Waals surface area contributed by atoms with Gasteiger partial charge in [0.25, 0.3) is 5.91 Å². The number of hydrogen-bond acceptors (Lipinski definition) is 5. The Balaban J connectivity index is 1.59. The number of nitrogens with zero attached hydrogens (tertiary/aromatic N) is 5. The highest BCUT2D eigenvalue weighted by molar-refractivity contribution is 5.98. The molecule has 2 atom stereocenters. The van der Waals surface area contributed by atoms with Crippen LogP contribution in [0.15, 0.2) is 42.9 Å². The number of benzene rings is 1. The summed E-state index contributed by atoms with van der Waals surface area (Å²) in [5, 5.41) is 7.82. The molecule has 1 aliphatic heterocycles. The fourth-order valence-electron chi connectivity index (χ4n) is 3.95. The van der Waals surface area contributed by atoms with Crippen LogP contribution in [-0.4, -0.2) is 50.0 Å². The lowest BCUT2D eigenvalue weighted by Crippen LogP contribution is -2.51. The molecule has 0 N–H and O–H groups in total. The van der Waals surface area contributed by atoms with E-state index in [0.717, 1.165) is 29.4 Å². The van der Waals surface area contributed by atoms with Crippen molar-refractivity contribution in [1.29, 1.82) is 0 Å². The van der Waals surface area contributed by atoms with E-state index in [0.29, 0.717) is 12.6 Å². The van der Waals surface area contributed by atoms with Crippen molar-refractivity contribution in [1.82, 2.24) is 24.9 Å². The second-order valence-corrected chi connectivity index (χ2v) is 7.95. The Morgan fingerprint density at radius 3 is 2.53 bits per heavy atom. The molecule has 1 amide bonds. The van der Waals surface area contributed by atoms with Crippen LogP contribution in [0, 0.1) is 17.6 Å². The van der Waals surface area contributed by atoms with Gasteiger partial charge in [-0.2, -0.15) is 28.2 Å². The predicted molar refractivity (Wildman–Crippen MR) is 109 cm³/mol. The number of alkyl halides is 3. The molecule has 12 heteroatoms. The first kappa shape index (κ1) is 23.6. The Labute approximate surface area is 191 Å². The van der Waals surface area contributed by atoms with Gasteiger partial charge in [-0.05, 0) is 37.0 Å². The van der Waals surface area contributed by atoms with Crippen LogP contribution >= 0.6 is 0 Å². The van der Waals surface area contributed by atoms with E-state index in [4.69, 9.17) is 4.74 Å². The first-order chi connectivity index (χ1) is 16.2. The number of aromatic nitrogens is 4. The van der Waals surface area contributed by atoms with Crippen molar-refractivity contribution in [2.75, 3.05) is 13.2 Å². The fraction of sp³-hybridized carbons (Fsp3) is 0.364. The molecule has 1 saturated heterocycles. The molecule has 3 heterocycles. The third-order valence-corrected chi connectivity index (χ3v) is 5.76. The monoisotopic (exact) mass is 481 g/mol. The minimum Gasteiger partial charge on any atom is -0.475 e. The smallest absolute Gasteiger partial charge is 0.417 e. The molecule has 2 aromatic heterocycles. The number of pyridine rings is 1. The molecule has 0 spiro atoms. The van der Waals surface area contributed by atoms with Crippen LogP contribution in [0.4, 0.5) is 22.0 Å². The Morgan fingerprint density at radius 2 is 1.88 bits per heavy atom. The Bertz CT molecular complexity index is 1150. The zero-order chi connectivity index (χ0) is 24.5. The number of amides is 1. The minimum absolute atomic E-state index is 0.0174. The zero-order valence-electron chi connectivity index (χ0n) is 18.0. The highest BCUT2D eigenvalue weighted by Crippen LogP contribution is 2.31. The lowest BCUT2D eigenvalue weighted by molar-refractivity contribution is -0.137. The van der Waals surface area contributed by atoms with Crippen LogP contribution in [0.3, 0.4) is 0 Å². The SMILES string of the molecule is CC1CCCN(C(=O)c2c(-n3nccn3)ccc(F)c2F)C1COc1ccc(C(F)(F)F)cn1.